The van der Waals surface area contributed by atoms with Gasteiger partial charge in [0.2, 0.25) is 0 Å². The van der Waals surface area contributed by atoms with Crippen molar-refractivity contribution in [3.05, 3.63) is 47.8 Å². The Morgan fingerprint density at radius 3 is 2.67 bits per heavy atom. The number of hydrogen-bond donors (Lipinski definition) is 1. The van der Waals surface area contributed by atoms with Gasteiger partial charge in [0.05, 0.1) is 35.8 Å². The first kappa shape index (κ1) is 15.4. The molecule has 1 heterocycles. The van der Waals surface area contributed by atoms with Crippen molar-refractivity contribution in [3.8, 4) is 5.69 Å². The summed E-state index contributed by atoms with van der Waals surface area (Å²) in [7, 11) is 1.69. The van der Waals surface area contributed by atoms with E-state index in [1.807, 2.05) is 35.0 Å². The lowest BCUT2D eigenvalue weighted by Crippen LogP contribution is -2.39. The molecule has 0 spiro atoms. The van der Waals surface area contributed by atoms with Crippen LogP contribution in [0.2, 0.25) is 0 Å². The van der Waals surface area contributed by atoms with Gasteiger partial charge in [0.25, 0.3) is 5.91 Å². The summed E-state index contributed by atoms with van der Waals surface area (Å²) in [5.74, 6) is 0.978. The average Bonchev–Trinajstić information content (AvgIpc) is 3.52. The highest BCUT2D eigenvalue weighted by atomic mass is 16.5. The van der Waals surface area contributed by atoms with Gasteiger partial charge in [-0.05, 0) is 43.7 Å². The molecule has 2 fully saturated rings. The van der Waals surface area contributed by atoms with E-state index in [2.05, 4.69) is 10.4 Å². The van der Waals surface area contributed by atoms with Gasteiger partial charge in [0.15, 0.2) is 0 Å². The first-order valence-corrected chi connectivity index (χ1v) is 8.71. The Kier molecular flexibility index (Phi) is 4.10. The summed E-state index contributed by atoms with van der Waals surface area (Å²) in [6.45, 7) is 0.571. The molecule has 4 rings (SSSR count). The third kappa shape index (κ3) is 3.08. The molecular formula is C19H23N3O2. The lowest BCUT2D eigenvalue weighted by atomic mass is 10.1. The second-order valence-corrected chi connectivity index (χ2v) is 6.84. The maximum atomic E-state index is 12.8. The van der Waals surface area contributed by atoms with E-state index in [9.17, 15) is 4.79 Å². The highest BCUT2D eigenvalue weighted by Gasteiger charge is 2.36. The summed E-state index contributed by atoms with van der Waals surface area (Å²) >= 11 is 0. The minimum Gasteiger partial charge on any atom is -0.383 e. The second-order valence-electron chi connectivity index (χ2n) is 6.84. The van der Waals surface area contributed by atoms with Gasteiger partial charge in [-0.25, -0.2) is 4.68 Å². The van der Waals surface area contributed by atoms with Crippen LogP contribution in [0.3, 0.4) is 0 Å². The van der Waals surface area contributed by atoms with E-state index in [1.54, 1.807) is 13.3 Å². The van der Waals surface area contributed by atoms with Gasteiger partial charge >= 0.3 is 0 Å². The topological polar surface area (TPSA) is 56.1 Å². The van der Waals surface area contributed by atoms with E-state index in [-0.39, 0.29) is 11.9 Å². The molecule has 1 atom stereocenters. The molecule has 0 saturated heterocycles. The van der Waals surface area contributed by atoms with E-state index in [4.69, 9.17) is 4.74 Å². The number of amides is 1. The molecule has 0 bridgehead atoms. The molecule has 2 saturated carbocycles. The monoisotopic (exact) mass is 325 g/mol. The molecule has 5 nitrogen and oxygen atoms in total. The van der Waals surface area contributed by atoms with Crippen molar-refractivity contribution in [2.75, 3.05) is 13.7 Å². The number of nitrogens with one attached hydrogen (secondary N) is 1. The minimum absolute atomic E-state index is 0.0203. The highest BCUT2D eigenvalue weighted by molar-refractivity contribution is 5.95. The summed E-state index contributed by atoms with van der Waals surface area (Å²) in [5, 5.41) is 7.67. The Balaban J connectivity index is 1.61. The number of para-hydroxylation sites is 1. The number of hydrogen-bond acceptors (Lipinski definition) is 3. The lowest BCUT2D eigenvalue weighted by molar-refractivity contribution is 0.0883. The van der Waals surface area contributed by atoms with Crippen LogP contribution >= 0.6 is 0 Å². The Labute approximate surface area is 142 Å². The number of carbonyl (C=O) groups excluding carboxylic acids is 1. The Bertz CT molecular complexity index is 717. The van der Waals surface area contributed by atoms with E-state index in [1.165, 1.54) is 12.8 Å². The van der Waals surface area contributed by atoms with Gasteiger partial charge in [-0.1, -0.05) is 18.2 Å². The van der Waals surface area contributed by atoms with Gasteiger partial charge in [-0.3, -0.25) is 4.79 Å². The largest absolute Gasteiger partial charge is 0.383 e. The van der Waals surface area contributed by atoms with Gasteiger partial charge in [-0.15, -0.1) is 0 Å². The molecule has 0 aliphatic heterocycles. The van der Waals surface area contributed by atoms with Crippen molar-refractivity contribution in [2.24, 2.45) is 5.92 Å². The van der Waals surface area contributed by atoms with Crippen molar-refractivity contribution in [3.63, 3.8) is 0 Å². The van der Waals surface area contributed by atoms with Crippen molar-refractivity contribution in [1.29, 1.82) is 0 Å². The molecule has 2 aliphatic carbocycles. The van der Waals surface area contributed by atoms with Crippen LogP contribution in [0.1, 0.15) is 47.7 Å². The van der Waals surface area contributed by atoms with Crippen molar-refractivity contribution < 1.29 is 9.53 Å². The van der Waals surface area contributed by atoms with E-state index >= 15 is 0 Å². The highest BCUT2D eigenvalue weighted by Crippen LogP contribution is 2.42. The summed E-state index contributed by atoms with van der Waals surface area (Å²) < 4.78 is 7.20. The standard InChI is InChI=1S/C19H23N3O2/c1-24-12-17(13-7-8-13)21-19(23)16-11-20-22(18(16)14-9-10-14)15-5-3-2-4-6-15/h2-6,11,13-14,17H,7-10,12H2,1H3,(H,21,23). The fraction of sp³-hybridized carbons (Fsp3) is 0.474. The first-order valence-electron chi connectivity index (χ1n) is 8.71. The molecule has 5 heteroatoms. The Morgan fingerprint density at radius 1 is 1.29 bits per heavy atom. The smallest absolute Gasteiger partial charge is 0.255 e. The number of carbonyl (C=O) groups is 1. The van der Waals surface area contributed by atoms with Crippen LogP contribution in [0.15, 0.2) is 36.5 Å². The first-order chi connectivity index (χ1) is 11.8. The van der Waals surface area contributed by atoms with Gasteiger partial charge in [0.1, 0.15) is 0 Å². The number of rotatable bonds is 7. The predicted molar refractivity (Wildman–Crippen MR) is 91.4 cm³/mol. The van der Waals surface area contributed by atoms with Gasteiger partial charge < -0.3 is 10.1 Å². The summed E-state index contributed by atoms with van der Waals surface area (Å²) in [6.07, 6.45) is 6.32. The normalized spacial score (nSPS) is 18.4. The molecule has 1 N–H and O–H groups in total. The molecule has 1 aromatic heterocycles. The molecule has 0 radical (unpaired) electrons. The van der Waals surface area contributed by atoms with E-state index in [0.29, 0.717) is 24.0 Å². The predicted octanol–water partition coefficient (Wildman–Crippen LogP) is 2.90. The van der Waals surface area contributed by atoms with Crippen LogP contribution in [0.25, 0.3) is 5.69 Å². The molecule has 24 heavy (non-hydrogen) atoms. The van der Waals surface area contributed by atoms with Crippen LogP contribution < -0.4 is 5.32 Å². The zero-order valence-electron chi connectivity index (χ0n) is 13.9. The molecule has 2 aromatic rings. The summed E-state index contributed by atoms with van der Waals surface area (Å²) in [4.78, 5) is 12.8. The number of ether oxygens (including phenoxy) is 1. The quantitative estimate of drug-likeness (QED) is 0.851. The van der Waals surface area contributed by atoms with Gasteiger partial charge in [0, 0.05) is 13.0 Å². The lowest BCUT2D eigenvalue weighted by Gasteiger charge is -2.17. The molecular weight excluding hydrogens is 302 g/mol. The molecule has 126 valence electrons. The van der Waals surface area contributed by atoms with E-state index < -0.39 is 0 Å². The Hall–Kier alpha value is -2.14. The van der Waals surface area contributed by atoms with Crippen molar-refractivity contribution >= 4 is 5.91 Å². The maximum absolute atomic E-state index is 12.8. The number of nitrogens with zero attached hydrogens (tertiary/aromatic N) is 2. The van der Waals surface area contributed by atoms with Crippen LogP contribution in [0.5, 0.6) is 0 Å². The van der Waals surface area contributed by atoms with Crippen LogP contribution in [0.4, 0.5) is 0 Å². The molecule has 2 aliphatic rings. The van der Waals surface area contributed by atoms with Crippen LogP contribution in [-0.2, 0) is 4.74 Å². The average molecular weight is 325 g/mol. The number of methoxy groups -OCH3 is 1. The zero-order chi connectivity index (χ0) is 16.5. The zero-order valence-corrected chi connectivity index (χ0v) is 13.9. The van der Waals surface area contributed by atoms with Gasteiger partial charge in [-0.2, -0.15) is 5.10 Å². The number of aromatic nitrogens is 2. The van der Waals surface area contributed by atoms with Crippen LogP contribution in [-0.4, -0.2) is 35.4 Å². The molecule has 1 aromatic carbocycles. The fourth-order valence-corrected chi connectivity index (χ4v) is 3.28. The third-order valence-corrected chi connectivity index (χ3v) is 4.87. The second kappa shape index (κ2) is 6.40. The third-order valence-electron chi connectivity index (χ3n) is 4.87. The van der Waals surface area contributed by atoms with Crippen LogP contribution in [0, 0.1) is 5.92 Å². The molecule has 1 amide bonds. The Morgan fingerprint density at radius 2 is 2.04 bits per heavy atom. The summed E-state index contributed by atoms with van der Waals surface area (Å²) in [5.41, 5.74) is 2.77. The minimum atomic E-state index is -0.0203. The summed E-state index contributed by atoms with van der Waals surface area (Å²) in [6, 6.07) is 10.1. The fourth-order valence-electron chi connectivity index (χ4n) is 3.28. The van der Waals surface area contributed by atoms with E-state index in [0.717, 1.165) is 24.2 Å². The van der Waals surface area contributed by atoms with Crippen molar-refractivity contribution in [2.45, 2.75) is 37.6 Å². The SMILES string of the molecule is COCC(NC(=O)c1cnn(-c2ccccc2)c1C1CC1)C1CC1. The van der Waals surface area contributed by atoms with Crippen molar-refractivity contribution in [1.82, 2.24) is 15.1 Å². The molecule has 1 unspecified atom stereocenters. The maximum Gasteiger partial charge on any atom is 0.255 e. The number of benzene rings is 1.